The van der Waals surface area contributed by atoms with E-state index in [-0.39, 0.29) is 11.9 Å². The van der Waals surface area contributed by atoms with E-state index in [0.717, 1.165) is 24.4 Å². The second-order valence-electron chi connectivity index (χ2n) is 6.32. The van der Waals surface area contributed by atoms with Crippen molar-refractivity contribution in [2.45, 2.75) is 25.6 Å². The molecule has 0 saturated carbocycles. The Morgan fingerprint density at radius 2 is 2.00 bits per heavy atom. The Bertz CT molecular complexity index is 864. The molecule has 0 aliphatic carbocycles. The summed E-state index contributed by atoms with van der Waals surface area (Å²) in [5.74, 6) is 0.779. The van der Waals surface area contributed by atoms with Gasteiger partial charge < -0.3 is 14.2 Å². The van der Waals surface area contributed by atoms with Gasteiger partial charge in [-0.15, -0.1) is 0 Å². The summed E-state index contributed by atoms with van der Waals surface area (Å²) in [6.45, 7) is 1.78. The first-order valence-corrected chi connectivity index (χ1v) is 8.69. The van der Waals surface area contributed by atoms with Gasteiger partial charge in [-0.1, -0.05) is 18.2 Å². The average Bonchev–Trinajstić information content (AvgIpc) is 3.07. The van der Waals surface area contributed by atoms with Crippen molar-refractivity contribution in [2.75, 3.05) is 6.61 Å². The van der Waals surface area contributed by atoms with E-state index in [1.165, 1.54) is 0 Å². The molecule has 6 nitrogen and oxygen atoms in total. The standard InChI is InChI=1S/C20H20N4O2/c25-20(16-5-4-9-21-11-16)24-13-18-12-22-15-23(18)10-8-17(24)14-26-19-6-2-1-3-7-19/h1-7,9,11-12,15,17H,8,10,13-14H2/t17-/m1/s1. The average molecular weight is 348 g/mol. The molecule has 0 saturated heterocycles. The Kier molecular flexibility index (Phi) is 4.64. The minimum atomic E-state index is -0.0330. The molecule has 3 heterocycles. The second kappa shape index (κ2) is 7.39. The Morgan fingerprint density at radius 1 is 1.12 bits per heavy atom. The zero-order valence-corrected chi connectivity index (χ0v) is 14.4. The van der Waals surface area contributed by atoms with Crippen LogP contribution in [0.25, 0.3) is 0 Å². The molecule has 0 spiro atoms. The number of nitrogens with zero attached hydrogens (tertiary/aromatic N) is 4. The molecule has 1 aliphatic rings. The smallest absolute Gasteiger partial charge is 0.256 e. The maximum atomic E-state index is 13.1. The third-order valence-electron chi connectivity index (χ3n) is 4.63. The number of carbonyl (C=O) groups is 1. The number of aromatic nitrogens is 3. The molecular formula is C20H20N4O2. The van der Waals surface area contributed by atoms with Crippen molar-refractivity contribution >= 4 is 5.91 Å². The topological polar surface area (TPSA) is 60.2 Å². The van der Waals surface area contributed by atoms with E-state index in [4.69, 9.17) is 4.74 Å². The first kappa shape index (κ1) is 16.3. The zero-order chi connectivity index (χ0) is 17.8. The van der Waals surface area contributed by atoms with Crippen LogP contribution in [0.2, 0.25) is 0 Å². The molecular weight excluding hydrogens is 328 g/mol. The fourth-order valence-corrected chi connectivity index (χ4v) is 3.20. The Balaban J connectivity index is 1.57. The van der Waals surface area contributed by atoms with Crippen LogP contribution in [0.15, 0.2) is 67.4 Å². The molecule has 0 N–H and O–H groups in total. The summed E-state index contributed by atoms with van der Waals surface area (Å²) in [4.78, 5) is 23.3. The number of hydrogen-bond acceptors (Lipinski definition) is 4. The number of benzene rings is 1. The van der Waals surface area contributed by atoms with Crippen LogP contribution in [0, 0.1) is 0 Å². The number of fused-ring (bicyclic) bond motifs is 1. The van der Waals surface area contributed by atoms with E-state index in [1.807, 2.05) is 47.8 Å². The molecule has 1 amide bonds. The van der Waals surface area contributed by atoms with Gasteiger partial charge in [0, 0.05) is 25.1 Å². The van der Waals surface area contributed by atoms with Gasteiger partial charge >= 0.3 is 0 Å². The van der Waals surface area contributed by atoms with Gasteiger partial charge in [-0.2, -0.15) is 0 Å². The number of aryl methyl sites for hydroxylation is 1. The lowest BCUT2D eigenvalue weighted by molar-refractivity contribution is 0.0588. The number of rotatable bonds is 4. The fraction of sp³-hybridized carbons (Fsp3) is 0.250. The highest BCUT2D eigenvalue weighted by Crippen LogP contribution is 2.21. The van der Waals surface area contributed by atoms with E-state index in [9.17, 15) is 4.79 Å². The molecule has 0 fully saturated rings. The van der Waals surface area contributed by atoms with Crippen molar-refractivity contribution in [2.24, 2.45) is 0 Å². The van der Waals surface area contributed by atoms with Crippen LogP contribution in [-0.2, 0) is 13.1 Å². The Labute approximate surface area is 152 Å². The number of imidazole rings is 1. The summed E-state index contributed by atoms with van der Waals surface area (Å²) in [6.07, 6.45) is 7.73. The molecule has 6 heteroatoms. The molecule has 2 aromatic heterocycles. The maximum Gasteiger partial charge on any atom is 0.256 e. The van der Waals surface area contributed by atoms with Crippen LogP contribution < -0.4 is 4.74 Å². The summed E-state index contributed by atoms with van der Waals surface area (Å²) in [6, 6.07) is 13.3. The molecule has 132 valence electrons. The summed E-state index contributed by atoms with van der Waals surface area (Å²) in [5.41, 5.74) is 1.62. The lowest BCUT2D eigenvalue weighted by Crippen LogP contribution is -2.42. The normalized spacial score (nSPS) is 16.6. The van der Waals surface area contributed by atoms with Crippen LogP contribution in [-0.4, -0.2) is 38.0 Å². The van der Waals surface area contributed by atoms with Gasteiger partial charge in [0.25, 0.3) is 5.91 Å². The predicted octanol–water partition coefficient (Wildman–Crippen LogP) is 2.77. The van der Waals surface area contributed by atoms with Crippen molar-refractivity contribution in [3.05, 3.63) is 78.6 Å². The lowest BCUT2D eigenvalue weighted by Gasteiger charge is -2.29. The third kappa shape index (κ3) is 3.44. The first-order valence-electron chi connectivity index (χ1n) is 8.69. The van der Waals surface area contributed by atoms with E-state index in [2.05, 4.69) is 14.5 Å². The van der Waals surface area contributed by atoms with Gasteiger partial charge in [-0.3, -0.25) is 9.78 Å². The number of pyridine rings is 1. The second-order valence-corrected chi connectivity index (χ2v) is 6.32. The van der Waals surface area contributed by atoms with Crippen molar-refractivity contribution in [3.63, 3.8) is 0 Å². The molecule has 3 aromatic rings. The molecule has 1 aliphatic heterocycles. The van der Waals surface area contributed by atoms with E-state index in [0.29, 0.717) is 18.7 Å². The monoisotopic (exact) mass is 348 g/mol. The van der Waals surface area contributed by atoms with Gasteiger partial charge in [0.2, 0.25) is 0 Å². The number of amides is 1. The predicted molar refractivity (Wildman–Crippen MR) is 96.7 cm³/mol. The van der Waals surface area contributed by atoms with Crippen molar-refractivity contribution in [1.29, 1.82) is 0 Å². The number of carbonyl (C=O) groups excluding carboxylic acids is 1. The third-order valence-corrected chi connectivity index (χ3v) is 4.63. The van der Waals surface area contributed by atoms with Gasteiger partial charge in [0.15, 0.2) is 0 Å². The molecule has 0 unspecified atom stereocenters. The first-order chi connectivity index (χ1) is 12.8. The number of para-hydroxylation sites is 1. The van der Waals surface area contributed by atoms with Crippen LogP contribution in [0.1, 0.15) is 22.5 Å². The van der Waals surface area contributed by atoms with Crippen LogP contribution in [0.4, 0.5) is 0 Å². The van der Waals surface area contributed by atoms with Gasteiger partial charge in [-0.05, 0) is 30.7 Å². The SMILES string of the molecule is O=C(c1cccnc1)N1Cc2cncn2CC[C@@H]1COc1ccccc1. The van der Waals surface area contributed by atoms with E-state index >= 15 is 0 Å². The van der Waals surface area contributed by atoms with Gasteiger partial charge in [0.1, 0.15) is 12.4 Å². The van der Waals surface area contributed by atoms with Gasteiger partial charge in [0.05, 0.1) is 30.2 Å². The fourth-order valence-electron chi connectivity index (χ4n) is 3.20. The quantitative estimate of drug-likeness (QED) is 0.727. The van der Waals surface area contributed by atoms with Crippen molar-refractivity contribution in [1.82, 2.24) is 19.4 Å². The number of ether oxygens (including phenoxy) is 1. The summed E-state index contributed by atoms with van der Waals surface area (Å²) < 4.78 is 8.06. The van der Waals surface area contributed by atoms with Crippen LogP contribution >= 0.6 is 0 Å². The lowest BCUT2D eigenvalue weighted by atomic mass is 10.1. The molecule has 1 aromatic carbocycles. The Morgan fingerprint density at radius 3 is 2.81 bits per heavy atom. The maximum absolute atomic E-state index is 13.1. The number of hydrogen-bond donors (Lipinski definition) is 0. The molecule has 0 radical (unpaired) electrons. The summed E-state index contributed by atoms with van der Waals surface area (Å²) in [7, 11) is 0. The van der Waals surface area contributed by atoms with Crippen LogP contribution in [0.5, 0.6) is 5.75 Å². The highest BCUT2D eigenvalue weighted by Gasteiger charge is 2.29. The molecule has 1 atom stereocenters. The highest BCUT2D eigenvalue weighted by atomic mass is 16.5. The zero-order valence-electron chi connectivity index (χ0n) is 14.4. The van der Waals surface area contributed by atoms with E-state index in [1.54, 1.807) is 24.5 Å². The molecule has 4 rings (SSSR count). The van der Waals surface area contributed by atoms with Crippen molar-refractivity contribution < 1.29 is 9.53 Å². The minimum absolute atomic E-state index is 0.0252. The largest absolute Gasteiger partial charge is 0.491 e. The molecule has 26 heavy (non-hydrogen) atoms. The summed E-state index contributed by atoms with van der Waals surface area (Å²) >= 11 is 0. The van der Waals surface area contributed by atoms with Crippen molar-refractivity contribution in [3.8, 4) is 5.75 Å². The highest BCUT2D eigenvalue weighted by molar-refractivity contribution is 5.94. The Hall–Kier alpha value is -3.15. The van der Waals surface area contributed by atoms with E-state index < -0.39 is 0 Å². The molecule has 0 bridgehead atoms. The summed E-state index contributed by atoms with van der Waals surface area (Å²) in [5, 5.41) is 0. The van der Waals surface area contributed by atoms with Crippen LogP contribution in [0.3, 0.4) is 0 Å². The van der Waals surface area contributed by atoms with Gasteiger partial charge in [-0.25, -0.2) is 4.98 Å². The minimum Gasteiger partial charge on any atom is -0.491 e.